The third-order valence-electron chi connectivity index (χ3n) is 1.40. The average Bonchev–Trinajstić information content (AvgIpc) is 2.19. The Labute approximate surface area is 86.1 Å². The molecule has 0 radical (unpaired) electrons. The topological polar surface area (TPSA) is 56.0 Å². The minimum atomic E-state index is -0.551. The molecule has 0 saturated heterocycles. The number of aromatic nitrogens is 1. The van der Waals surface area contributed by atoms with Crippen molar-refractivity contribution < 1.29 is 4.92 Å². The Balaban J connectivity index is 2.97. The summed E-state index contributed by atoms with van der Waals surface area (Å²) in [6.45, 7) is 0. The Bertz CT molecular complexity index is 395. The van der Waals surface area contributed by atoms with E-state index in [1.165, 1.54) is 6.20 Å². The van der Waals surface area contributed by atoms with E-state index in [1.807, 2.05) is 0 Å². The van der Waals surface area contributed by atoms with Crippen LogP contribution in [0.5, 0.6) is 0 Å². The Kier molecular flexibility index (Phi) is 3.89. The molecule has 0 saturated carbocycles. The number of nitro groups is 1. The number of hydrogen-bond acceptors (Lipinski definition) is 3. The van der Waals surface area contributed by atoms with E-state index in [1.54, 1.807) is 12.1 Å². The lowest BCUT2D eigenvalue weighted by Gasteiger charge is -1.93. The van der Waals surface area contributed by atoms with Crippen LogP contribution in [0.2, 0.25) is 0 Å². The van der Waals surface area contributed by atoms with Crippen LogP contribution in [0.4, 0.5) is 5.82 Å². The van der Waals surface area contributed by atoms with Crippen LogP contribution in [-0.4, -0.2) is 15.8 Å². The number of halogens is 1. The standard InChI is InChI=1S/C9H7ClN2O2/c10-6-2-1-4-8-5-3-7-11-9(8)12(13)14/h3,5,7H,2,6H2. The van der Waals surface area contributed by atoms with Crippen molar-refractivity contribution in [2.24, 2.45) is 0 Å². The molecule has 0 aliphatic heterocycles. The minimum Gasteiger partial charge on any atom is -0.358 e. The van der Waals surface area contributed by atoms with E-state index in [4.69, 9.17) is 11.6 Å². The molecule has 0 fully saturated rings. The van der Waals surface area contributed by atoms with E-state index in [9.17, 15) is 10.1 Å². The van der Waals surface area contributed by atoms with Crippen LogP contribution in [0.25, 0.3) is 0 Å². The molecule has 0 atom stereocenters. The Morgan fingerprint density at radius 3 is 3.07 bits per heavy atom. The zero-order chi connectivity index (χ0) is 10.4. The summed E-state index contributed by atoms with van der Waals surface area (Å²) >= 11 is 5.42. The van der Waals surface area contributed by atoms with Gasteiger partial charge in [-0.2, -0.15) is 0 Å². The zero-order valence-electron chi connectivity index (χ0n) is 7.24. The summed E-state index contributed by atoms with van der Waals surface area (Å²) in [4.78, 5) is 13.6. The van der Waals surface area contributed by atoms with Crippen molar-refractivity contribution in [3.05, 3.63) is 34.0 Å². The third kappa shape index (κ3) is 2.71. The molecule has 0 aromatic carbocycles. The molecule has 0 unspecified atom stereocenters. The molecule has 4 nitrogen and oxygen atoms in total. The lowest BCUT2D eigenvalue weighted by Crippen LogP contribution is -1.94. The summed E-state index contributed by atoms with van der Waals surface area (Å²) in [5.74, 6) is 5.58. The Morgan fingerprint density at radius 1 is 1.64 bits per heavy atom. The van der Waals surface area contributed by atoms with Crippen LogP contribution in [0, 0.1) is 22.0 Å². The summed E-state index contributed by atoms with van der Waals surface area (Å²) in [5, 5.41) is 10.5. The molecule has 0 amide bonds. The van der Waals surface area contributed by atoms with Gasteiger partial charge in [-0.25, -0.2) is 0 Å². The summed E-state index contributed by atoms with van der Waals surface area (Å²) < 4.78 is 0. The largest absolute Gasteiger partial charge is 0.379 e. The van der Waals surface area contributed by atoms with E-state index in [0.29, 0.717) is 17.9 Å². The summed E-state index contributed by atoms with van der Waals surface area (Å²) in [6.07, 6.45) is 1.87. The third-order valence-corrected chi connectivity index (χ3v) is 1.59. The molecule has 0 bridgehead atoms. The van der Waals surface area contributed by atoms with Gasteiger partial charge in [0.25, 0.3) is 0 Å². The van der Waals surface area contributed by atoms with E-state index in [2.05, 4.69) is 16.8 Å². The van der Waals surface area contributed by atoms with Gasteiger partial charge < -0.3 is 10.1 Å². The summed E-state index contributed by atoms with van der Waals surface area (Å²) in [6, 6.07) is 3.17. The number of nitrogens with zero attached hydrogens (tertiary/aromatic N) is 2. The molecule has 1 aromatic heterocycles. The van der Waals surface area contributed by atoms with Gasteiger partial charge in [0, 0.05) is 12.3 Å². The highest BCUT2D eigenvalue weighted by Crippen LogP contribution is 2.11. The highest BCUT2D eigenvalue weighted by atomic mass is 35.5. The van der Waals surface area contributed by atoms with Crippen molar-refractivity contribution in [3.63, 3.8) is 0 Å². The minimum absolute atomic E-state index is 0.213. The lowest BCUT2D eigenvalue weighted by molar-refractivity contribution is -0.389. The number of rotatable bonds is 2. The number of hydrogen-bond donors (Lipinski definition) is 0. The molecule has 14 heavy (non-hydrogen) atoms. The molecule has 1 heterocycles. The fraction of sp³-hybridized carbons (Fsp3) is 0.222. The number of alkyl halides is 1. The van der Waals surface area contributed by atoms with Crippen molar-refractivity contribution >= 4 is 17.4 Å². The molecule has 72 valence electrons. The molecule has 5 heteroatoms. The zero-order valence-corrected chi connectivity index (χ0v) is 7.99. The molecule has 1 rings (SSSR count). The second-order valence-corrected chi connectivity index (χ2v) is 2.75. The van der Waals surface area contributed by atoms with Gasteiger partial charge in [-0.15, -0.1) is 11.6 Å². The van der Waals surface area contributed by atoms with Gasteiger partial charge >= 0.3 is 5.82 Å². The van der Waals surface area contributed by atoms with Gasteiger partial charge in [-0.3, -0.25) is 0 Å². The maximum Gasteiger partial charge on any atom is 0.379 e. The molecular formula is C9H7ClN2O2. The van der Waals surface area contributed by atoms with Crippen LogP contribution in [0.1, 0.15) is 12.0 Å². The predicted molar refractivity (Wildman–Crippen MR) is 53.1 cm³/mol. The Hall–Kier alpha value is -1.60. The first-order valence-electron chi connectivity index (χ1n) is 3.90. The smallest absolute Gasteiger partial charge is 0.358 e. The van der Waals surface area contributed by atoms with Gasteiger partial charge in [-0.1, -0.05) is 11.8 Å². The average molecular weight is 211 g/mol. The molecule has 1 aromatic rings. The van der Waals surface area contributed by atoms with E-state index < -0.39 is 4.92 Å². The second-order valence-electron chi connectivity index (χ2n) is 2.37. The van der Waals surface area contributed by atoms with Gasteiger partial charge in [-0.05, 0) is 22.0 Å². The van der Waals surface area contributed by atoms with Crippen LogP contribution in [0.3, 0.4) is 0 Å². The van der Waals surface area contributed by atoms with Gasteiger partial charge in [0.1, 0.15) is 11.8 Å². The maximum absolute atomic E-state index is 10.5. The SMILES string of the molecule is O=[N+]([O-])c1ncccc1C#CCCCl. The highest BCUT2D eigenvalue weighted by molar-refractivity contribution is 6.18. The first kappa shape index (κ1) is 10.5. The maximum atomic E-state index is 10.5. The predicted octanol–water partition coefficient (Wildman–Crippen LogP) is 1.97. The van der Waals surface area contributed by atoms with Gasteiger partial charge in [0.2, 0.25) is 0 Å². The van der Waals surface area contributed by atoms with Crippen LogP contribution < -0.4 is 0 Å². The van der Waals surface area contributed by atoms with Gasteiger partial charge in [0.15, 0.2) is 0 Å². The van der Waals surface area contributed by atoms with Crippen LogP contribution >= 0.6 is 11.6 Å². The van der Waals surface area contributed by atoms with Crippen molar-refractivity contribution in [1.82, 2.24) is 4.98 Å². The molecule has 0 aliphatic carbocycles. The summed E-state index contributed by atoms with van der Waals surface area (Å²) in [5.41, 5.74) is 0.322. The first-order chi connectivity index (χ1) is 6.75. The normalized spacial score (nSPS) is 8.93. The molecule has 0 spiro atoms. The molecule has 0 N–H and O–H groups in total. The highest BCUT2D eigenvalue weighted by Gasteiger charge is 2.10. The fourth-order valence-electron chi connectivity index (χ4n) is 0.845. The quantitative estimate of drug-likeness (QED) is 0.325. The summed E-state index contributed by atoms with van der Waals surface area (Å²) in [7, 11) is 0. The van der Waals surface area contributed by atoms with Crippen LogP contribution in [-0.2, 0) is 0 Å². The van der Waals surface area contributed by atoms with Gasteiger partial charge in [0.05, 0.1) is 0 Å². The van der Waals surface area contributed by atoms with Crippen molar-refractivity contribution in [2.75, 3.05) is 5.88 Å². The fourth-order valence-corrected chi connectivity index (χ4v) is 0.939. The second kappa shape index (κ2) is 5.20. The monoisotopic (exact) mass is 210 g/mol. The molecule has 0 aliphatic rings. The first-order valence-corrected chi connectivity index (χ1v) is 4.43. The van der Waals surface area contributed by atoms with E-state index in [-0.39, 0.29) is 5.82 Å². The van der Waals surface area contributed by atoms with Crippen molar-refractivity contribution in [1.29, 1.82) is 0 Å². The Morgan fingerprint density at radius 2 is 2.43 bits per heavy atom. The molecular weight excluding hydrogens is 204 g/mol. The van der Waals surface area contributed by atoms with E-state index >= 15 is 0 Å². The number of pyridine rings is 1. The van der Waals surface area contributed by atoms with Crippen LogP contribution in [0.15, 0.2) is 18.3 Å². The van der Waals surface area contributed by atoms with Crippen molar-refractivity contribution in [2.45, 2.75) is 6.42 Å². The van der Waals surface area contributed by atoms with E-state index in [0.717, 1.165) is 0 Å². The lowest BCUT2D eigenvalue weighted by atomic mass is 10.2. The van der Waals surface area contributed by atoms with Crippen molar-refractivity contribution in [3.8, 4) is 11.8 Å².